The molecular weight excluding hydrogens is 224 g/mol. The molecule has 2 rings (SSSR count). The van der Waals surface area contributed by atoms with E-state index in [4.69, 9.17) is 11.6 Å². The molecule has 5 heteroatoms. The van der Waals surface area contributed by atoms with E-state index >= 15 is 0 Å². The number of halogens is 1. The molecule has 0 aliphatic rings. The van der Waals surface area contributed by atoms with Gasteiger partial charge in [-0.1, -0.05) is 11.6 Å². The first-order valence-corrected chi connectivity index (χ1v) is 5.42. The summed E-state index contributed by atoms with van der Waals surface area (Å²) in [6.45, 7) is 1.47. The molecule has 2 heterocycles. The Kier molecular flexibility index (Phi) is 3.54. The minimum atomic E-state index is 0.687. The highest BCUT2D eigenvalue weighted by molar-refractivity contribution is 6.31. The Morgan fingerprint density at radius 1 is 1.44 bits per heavy atom. The molecule has 4 nitrogen and oxygen atoms in total. The number of rotatable bonds is 4. The van der Waals surface area contributed by atoms with Crippen LogP contribution >= 0.6 is 11.6 Å². The molecule has 0 radical (unpaired) electrons. The van der Waals surface area contributed by atoms with E-state index in [9.17, 15) is 0 Å². The monoisotopic (exact) mass is 236 g/mol. The molecule has 0 aliphatic carbocycles. The van der Waals surface area contributed by atoms with Gasteiger partial charge >= 0.3 is 0 Å². The Bertz CT molecular complexity index is 467. The summed E-state index contributed by atoms with van der Waals surface area (Å²) in [4.78, 5) is 8.24. The third-order valence-corrected chi connectivity index (χ3v) is 2.67. The van der Waals surface area contributed by atoms with Crippen molar-refractivity contribution in [2.45, 2.75) is 13.1 Å². The van der Waals surface area contributed by atoms with E-state index in [2.05, 4.69) is 19.9 Å². The average Bonchev–Trinajstić information content (AvgIpc) is 2.70. The fourth-order valence-electron chi connectivity index (χ4n) is 1.53. The summed E-state index contributed by atoms with van der Waals surface area (Å²) in [5.74, 6) is 0.996. The van der Waals surface area contributed by atoms with Gasteiger partial charge in [0.15, 0.2) is 0 Å². The molecule has 1 N–H and O–H groups in total. The van der Waals surface area contributed by atoms with Crippen LogP contribution in [0.1, 0.15) is 11.4 Å². The summed E-state index contributed by atoms with van der Waals surface area (Å²) in [6.07, 6.45) is 7.15. The van der Waals surface area contributed by atoms with Gasteiger partial charge in [-0.05, 0) is 18.7 Å². The second kappa shape index (κ2) is 5.09. The largest absolute Gasteiger partial charge is 0.329 e. The molecule has 84 valence electrons. The van der Waals surface area contributed by atoms with Gasteiger partial charge in [-0.25, -0.2) is 4.98 Å². The fourth-order valence-corrected chi connectivity index (χ4v) is 1.70. The van der Waals surface area contributed by atoms with Gasteiger partial charge in [0, 0.05) is 24.8 Å². The van der Waals surface area contributed by atoms with Gasteiger partial charge in [-0.2, -0.15) is 0 Å². The van der Waals surface area contributed by atoms with Crippen molar-refractivity contribution >= 4 is 11.6 Å². The van der Waals surface area contributed by atoms with E-state index in [1.54, 1.807) is 18.6 Å². The Hall–Kier alpha value is -1.39. The molecule has 2 aromatic heterocycles. The van der Waals surface area contributed by atoms with Gasteiger partial charge in [0.25, 0.3) is 0 Å². The van der Waals surface area contributed by atoms with Gasteiger partial charge in [0.05, 0.1) is 18.1 Å². The molecule has 0 atom stereocenters. The maximum absolute atomic E-state index is 6.06. The second-order valence-electron chi connectivity index (χ2n) is 3.47. The standard InChI is InChI=1S/C11H13ClN4/c1-13-7-11-15-4-5-16(11)8-9-2-3-14-6-10(9)12/h2-6,13H,7-8H2,1H3. The second-order valence-corrected chi connectivity index (χ2v) is 3.88. The molecular formula is C11H13ClN4. The van der Waals surface area contributed by atoms with Crippen LogP contribution in [0, 0.1) is 0 Å². The van der Waals surface area contributed by atoms with Crippen molar-refractivity contribution in [3.05, 3.63) is 47.3 Å². The molecule has 0 aliphatic heterocycles. The van der Waals surface area contributed by atoms with Crippen molar-refractivity contribution in [1.29, 1.82) is 0 Å². The van der Waals surface area contributed by atoms with E-state index in [1.807, 2.05) is 19.3 Å². The minimum absolute atomic E-state index is 0.687. The number of imidazole rings is 1. The fraction of sp³-hybridized carbons (Fsp3) is 0.273. The normalized spacial score (nSPS) is 10.6. The Morgan fingerprint density at radius 3 is 3.06 bits per heavy atom. The lowest BCUT2D eigenvalue weighted by Crippen LogP contribution is -2.12. The first-order valence-electron chi connectivity index (χ1n) is 5.04. The molecule has 0 fully saturated rings. The van der Waals surface area contributed by atoms with Crippen molar-refractivity contribution in [3.8, 4) is 0 Å². The van der Waals surface area contributed by atoms with E-state index in [1.165, 1.54) is 0 Å². The average molecular weight is 237 g/mol. The van der Waals surface area contributed by atoms with Gasteiger partial charge in [-0.15, -0.1) is 0 Å². The number of pyridine rings is 1. The number of nitrogens with zero attached hydrogens (tertiary/aromatic N) is 3. The van der Waals surface area contributed by atoms with Crippen molar-refractivity contribution in [3.63, 3.8) is 0 Å². The Labute approximate surface area is 99.3 Å². The highest BCUT2D eigenvalue weighted by Crippen LogP contribution is 2.15. The highest BCUT2D eigenvalue weighted by atomic mass is 35.5. The van der Waals surface area contributed by atoms with Crippen LogP contribution in [0.15, 0.2) is 30.9 Å². The van der Waals surface area contributed by atoms with Gasteiger partial charge in [0.1, 0.15) is 5.82 Å². The number of hydrogen-bond acceptors (Lipinski definition) is 3. The van der Waals surface area contributed by atoms with Crippen molar-refractivity contribution < 1.29 is 0 Å². The zero-order valence-corrected chi connectivity index (χ0v) is 9.78. The predicted octanol–water partition coefficient (Wildman–Crippen LogP) is 1.70. The van der Waals surface area contributed by atoms with Gasteiger partial charge in [0.2, 0.25) is 0 Å². The number of aromatic nitrogens is 3. The first kappa shape index (κ1) is 11.1. The summed E-state index contributed by atoms with van der Waals surface area (Å²) < 4.78 is 2.07. The molecule has 16 heavy (non-hydrogen) atoms. The zero-order chi connectivity index (χ0) is 11.4. The summed E-state index contributed by atoms with van der Waals surface area (Å²) in [5.41, 5.74) is 1.05. The summed E-state index contributed by atoms with van der Waals surface area (Å²) in [6, 6.07) is 1.92. The quantitative estimate of drug-likeness (QED) is 0.879. The van der Waals surface area contributed by atoms with Crippen molar-refractivity contribution in [2.24, 2.45) is 0 Å². The van der Waals surface area contributed by atoms with Crippen LogP contribution in [0.25, 0.3) is 0 Å². The molecule has 0 unspecified atom stereocenters. The molecule has 0 saturated heterocycles. The molecule has 0 saturated carbocycles. The first-order chi connectivity index (χ1) is 7.81. The van der Waals surface area contributed by atoms with E-state index in [-0.39, 0.29) is 0 Å². The smallest absolute Gasteiger partial charge is 0.122 e. The van der Waals surface area contributed by atoms with Crippen molar-refractivity contribution in [2.75, 3.05) is 7.05 Å². The summed E-state index contributed by atoms with van der Waals surface area (Å²) in [7, 11) is 1.90. The number of nitrogens with one attached hydrogen (secondary N) is 1. The zero-order valence-electron chi connectivity index (χ0n) is 9.02. The molecule has 0 amide bonds. The molecule has 0 aromatic carbocycles. The van der Waals surface area contributed by atoms with Crippen LogP contribution in [-0.4, -0.2) is 21.6 Å². The van der Waals surface area contributed by atoms with Gasteiger partial charge < -0.3 is 9.88 Å². The van der Waals surface area contributed by atoms with Crippen LogP contribution in [0.4, 0.5) is 0 Å². The van der Waals surface area contributed by atoms with E-state index in [0.717, 1.165) is 24.5 Å². The SMILES string of the molecule is CNCc1nccn1Cc1ccncc1Cl. The van der Waals surface area contributed by atoms with Crippen LogP contribution in [0.3, 0.4) is 0 Å². The minimum Gasteiger partial charge on any atom is -0.329 e. The van der Waals surface area contributed by atoms with Crippen LogP contribution in [-0.2, 0) is 13.1 Å². The van der Waals surface area contributed by atoms with E-state index in [0.29, 0.717) is 5.02 Å². The van der Waals surface area contributed by atoms with Crippen LogP contribution in [0.5, 0.6) is 0 Å². The lowest BCUT2D eigenvalue weighted by atomic mass is 10.2. The Morgan fingerprint density at radius 2 is 2.31 bits per heavy atom. The lowest BCUT2D eigenvalue weighted by molar-refractivity contribution is 0.673. The van der Waals surface area contributed by atoms with E-state index < -0.39 is 0 Å². The maximum atomic E-state index is 6.06. The van der Waals surface area contributed by atoms with Gasteiger partial charge in [-0.3, -0.25) is 4.98 Å². The highest BCUT2D eigenvalue weighted by Gasteiger charge is 2.04. The molecule has 0 spiro atoms. The van der Waals surface area contributed by atoms with Crippen LogP contribution in [0.2, 0.25) is 5.02 Å². The lowest BCUT2D eigenvalue weighted by Gasteiger charge is -2.08. The summed E-state index contributed by atoms with van der Waals surface area (Å²) in [5, 5.41) is 3.77. The van der Waals surface area contributed by atoms with Crippen molar-refractivity contribution in [1.82, 2.24) is 19.9 Å². The van der Waals surface area contributed by atoms with Crippen LogP contribution < -0.4 is 5.32 Å². The molecule has 0 bridgehead atoms. The molecule has 2 aromatic rings. The third kappa shape index (κ3) is 2.40. The summed E-state index contributed by atoms with van der Waals surface area (Å²) >= 11 is 6.06. The Balaban J connectivity index is 2.20. The predicted molar refractivity (Wildman–Crippen MR) is 63.3 cm³/mol. The maximum Gasteiger partial charge on any atom is 0.122 e. The number of hydrogen-bond donors (Lipinski definition) is 1. The third-order valence-electron chi connectivity index (χ3n) is 2.33. The topological polar surface area (TPSA) is 42.7 Å².